The van der Waals surface area contributed by atoms with Crippen LogP contribution in [0.15, 0.2) is 29.4 Å². The van der Waals surface area contributed by atoms with Gasteiger partial charge in [0.2, 0.25) is 0 Å². The van der Waals surface area contributed by atoms with Crippen LogP contribution in [0.1, 0.15) is 0 Å². The van der Waals surface area contributed by atoms with E-state index in [2.05, 4.69) is 0 Å². The number of phenols is 2. The van der Waals surface area contributed by atoms with Gasteiger partial charge in [-0.05, 0) is 18.4 Å². The summed E-state index contributed by atoms with van der Waals surface area (Å²) in [6, 6.07) is 3.33. The number of nitrogens with zero attached hydrogens (tertiary/aromatic N) is 1. The highest BCUT2D eigenvalue weighted by molar-refractivity contribution is 7.98. The number of benzene rings is 1. The summed E-state index contributed by atoms with van der Waals surface area (Å²) in [5.74, 6) is -0.139. The molecule has 0 saturated carbocycles. The SMILES string of the molecule is CSc1c[n+](C)cc2c(O)c(O)ccc12. The van der Waals surface area contributed by atoms with Gasteiger partial charge in [0.25, 0.3) is 0 Å². The molecule has 0 saturated heterocycles. The topological polar surface area (TPSA) is 44.3 Å². The van der Waals surface area contributed by atoms with Gasteiger partial charge in [0.1, 0.15) is 7.05 Å². The van der Waals surface area contributed by atoms with E-state index >= 15 is 0 Å². The normalized spacial score (nSPS) is 10.8. The van der Waals surface area contributed by atoms with E-state index in [0.717, 1.165) is 10.3 Å². The molecule has 2 aromatic rings. The Hall–Kier alpha value is -1.42. The number of aryl methyl sites for hydroxylation is 1. The van der Waals surface area contributed by atoms with E-state index in [4.69, 9.17) is 0 Å². The van der Waals surface area contributed by atoms with Crippen molar-refractivity contribution in [2.75, 3.05) is 6.26 Å². The molecule has 2 N–H and O–H groups in total. The number of phenolic OH excluding ortho intramolecular Hbond substituents is 2. The molecule has 0 unspecified atom stereocenters. The molecule has 0 aliphatic rings. The van der Waals surface area contributed by atoms with E-state index < -0.39 is 0 Å². The third-order valence-electron chi connectivity index (χ3n) is 2.33. The van der Waals surface area contributed by atoms with Crippen molar-refractivity contribution < 1.29 is 14.8 Å². The molecule has 0 bridgehead atoms. The molecule has 0 fully saturated rings. The average molecular weight is 222 g/mol. The Morgan fingerprint density at radius 1 is 1.13 bits per heavy atom. The molecular formula is C11H12NO2S+. The van der Waals surface area contributed by atoms with Crippen LogP contribution in [0.25, 0.3) is 10.8 Å². The smallest absolute Gasteiger partial charge is 0.182 e. The quantitative estimate of drug-likeness (QED) is 0.439. The summed E-state index contributed by atoms with van der Waals surface area (Å²) in [6.45, 7) is 0. The molecule has 0 aliphatic carbocycles. The number of hydrogen-bond acceptors (Lipinski definition) is 3. The molecular weight excluding hydrogens is 210 g/mol. The maximum absolute atomic E-state index is 9.73. The Kier molecular flexibility index (Phi) is 2.44. The van der Waals surface area contributed by atoms with Gasteiger partial charge in [0.05, 0.1) is 10.3 Å². The number of hydrogen-bond donors (Lipinski definition) is 2. The van der Waals surface area contributed by atoms with E-state index in [1.165, 1.54) is 6.07 Å². The monoisotopic (exact) mass is 222 g/mol. The van der Waals surface area contributed by atoms with Crippen molar-refractivity contribution in [1.82, 2.24) is 0 Å². The van der Waals surface area contributed by atoms with Crippen molar-refractivity contribution >= 4 is 22.5 Å². The molecule has 1 aromatic carbocycles. The average Bonchev–Trinajstić information content (AvgIpc) is 2.23. The standard InChI is InChI=1S/C11H11NO2S/c1-12-5-8-7(10(6-12)15-2)3-4-9(13)11(8)14/h3-6,13H,1-2H3/p+1. The van der Waals surface area contributed by atoms with E-state index in [1.54, 1.807) is 18.0 Å². The molecule has 0 spiro atoms. The van der Waals surface area contributed by atoms with Crippen molar-refractivity contribution in [2.24, 2.45) is 7.05 Å². The Morgan fingerprint density at radius 2 is 1.87 bits per heavy atom. The molecule has 2 rings (SSSR count). The van der Waals surface area contributed by atoms with Crippen LogP contribution in [0, 0.1) is 0 Å². The number of aromatic hydroxyl groups is 2. The van der Waals surface area contributed by atoms with E-state index in [-0.39, 0.29) is 11.5 Å². The van der Waals surface area contributed by atoms with Gasteiger partial charge in [-0.25, -0.2) is 4.57 Å². The van der Waals surface area contributed by atoms with Gasteiger partial charge in [-0.1, -0.05) is 0 Å². The maximum Gasteiger partial charge on any atom is 0.182 e. The fraction of sp³-hybridized carbons (Fsp3) is 0.182. The summed E-state index contributed by atoms with van der Waals surface area (Å²) in [6.07, 6.45) is 5.77. The third kappa shape index (κ3) is 1.61. The van der Waals surface area contributed by atoms with Gasteiger partial charge >= 0.3 is 0 Å². The minimum atomic E-state index is -0.0826. The van der Waals surface area contributed by atoms with Crippen LogP contribution in [0.2, 0.25) is 0 Å². The first-order valence-electron chi connectivity index (χ1n) is 4.51. The predicted molar refractivity (Wildman–Crippen MR) is 60.2 cm³/mol. The number of rotatable bonds is 1. The molecule has 3 nitrogen and oxygen atoms in total. The Bertz CT molecular complexity index is 525. The Labute approximate surface area is 92.0 Å². The number of aromatic nitrogens is 1. The van der Waals surface area contributed by atoms with Gasteiger partial charge in [-0.15, -0.1) is 11.8 Å². The Balaban J connectivity index is 2.89. The van der Waals surface area contributed by atoms with Gasteiger partial charge in [0.15, 0.2) is 23.9 Å². The van der Waals surface area contributed by atoms with Crippen LogP contribution in [-0.2, 0) is 7.05 Å². The fourth-order valence-corrected chi connectivity index (χ4v) is 2.27. The highest BCUT2D eigenvalue weighted by Gasteiger charge is 2.12. The summed E-state index contributed by atoms with van der Waals surface area (Å²) in [5, 5.41) is 20.8. The molecule has 0 atom stereocenters. The van der Waals surface area contributed by atoms with Crippen molar-refractivity contribution in [3.63, 3.8) is 0 Å². The summed E-state index contributed by atoms with van der Waals surface area (Å²) in [4.78, 5) is 1.07. The van der Waals surface area contributed by atoms with Gasteiger partial charge in [-0.3, -0.25) is 0 Å². The molecule has 1 aromatic heterocycles. The molecule has 0 radical (unpaired) electrons. The highest BCUT2D eigenvalue weighted by atomic mass is 32.2. The zero-order valence-corrected chi connectivity index (χ0v) is 9.38. The summed E-state index contributed by atoms with van der Waals surface area (Å²) >= 11 is 1.61. The van der Waals surface area contributed by atoms with Crippen molar-refractivity contribution in [1.29, 1.82) is 0 Å². The van der Waals surface area contributed by atoms with Crippen LogP contribution in [0.3, 0.4) is 0 Å². The van der Waals surface area contributed by atoms with Gasteiger partial charge < -0.3 is 10.2 Å². The van der Waals surface area contributed by atoms with Crippen LogP contribution in [-0.4, -0.2) is 16.5 Å². The number of pyridine rings is 1. The highest BCUT2D eigenvalue weighted by Crippen LogP contribution is 2.35. The third-order valence-corrected chi connectivity index (χ3v) is 3.10. The van der Waals surface area contributed by atoms with Gasteiger partial charge in [0, 0.05) is 5.39 Å². The van der Waals surface area contributed by atoms with E-state index in [9.17, 15) is 10.2 Å². The van der Waals surface area contributed by atoms with E-state index in [1.807, 2.05) is 30.1 Å². The molecule has 4 heteroatoms. The van der Waals surface area contributed by atoms with Crippen LogP contribution < -0.4 is 4.57 Å². The lowest BCUT2D eigenvalue weighted by Gasteiger charge is -2.04. The first-order chi connectivity index (χ1) is 7.13. The number of thioether (sulfide) groups is 1. The first-order valence-corrected chi connectivity index (χ1v) is 5.74. The van der Waals surface area contributed by atoms with Crippen LogP contribution >= 0.6 is 11.8 Å². The molecule has 1 heterocycles. The number of fused-ring (bicyclic) bond motifs is 1. The van der Waals surface area contributed by atoms with Crippen molar-refractivity contribution in [3.8, 4) is 11.5 Å². The van der Waals surface area contributed by atoms with Gasteiger partial charge in [-0.2, -0.15) is 0 Å². The summed E-state index contributed by atoms with van der Waals surface area (Å²) < 4.78 is 1.87. The second kappa shape index (κ2) is 3.62. The fourth-order valence-electron chi connectivity index (χ4n) is 1.60. The minimum Gasteiger partial charge on any atom is -0.504 e. The first kappa shape index (κ1) is 10.1. The second-order valence-electron chi connectivity index (χ2n) is 3.39. The van der Waals surface area contributed by atoms with E-state index in [0.29, 0.717) is 5.39 Å². The molecule has 0 aliphatic heterocycles. The lowest BCUT2D eigenvalue weighted by molar-refractivity contribution is -0.671. The zero-order valence-electron chi connectivity index (χ0n) is 8.56. The lowest BCUT2D eigenvalue weighted by Crippen LogP contribution is -2.26. The molecule has 78 valence electrons. The lowest BCUT2D eigenvalue weighted by atomic mass is 10.1. The maximum atomic E-state index is 9.73. The summed E-state index contributed by atoms with van der Waals surface area (Å²) in [7, 11) is 1.89. The molecule has 0 amide bonds. The van der Waals surface area contributed by atoms with Crippen LogP contribution in [0.5, 0.6) is 11.5 Å². The predicted octanol–water partition coefficient (Wildman–Crippen LogP) is 1.80. The van der Waals surface area contributed by atoms with Crippen molar-refractivity contribution in [3.05, 3.63) is 24.5 Å². The zero-order chi connectivity index (χ0) is 11.0. The molecule has 15 heavy (non-hydrogen) atoms. The van der Waals surface area contributed by atoms with Crippen molar-refractivity contribution in [2.45, 2.75) is 4.90 Å². The van der Waals surface area contributed by atoms with Crippen LogP contribution in [0.4, 0.5) is 0 Å². The second-order valence-corrected chi connectivity index (χ2v) is 4.23. The summed E-state index contributed by atoms with van der Waals surface area (Å²) in [5.41, 5.74) is 0. The Morgan fingerprint density at radius 3 is 2.53 bits per heavy atom. The largest absolute Gasteiger partial charge is 0.504 e. The minimum absolute atomic E-state index is 0.0565.